The van der Waals surface area contributed by atoms with Gasteiger partial charge in [-0.25, -0.2) is 9.69 Å². The molecule has 1 aliphatic heterocycles. The van der Waals surface area contributed by atoms with Crippen LogP contribution in [0.25, 0.3) is 0 Å². The van der Waals surface area contributed by atoms with E-state index in [9.17, 15) is 9.59 Å². The first-order valence-corrected chi connectivity index (χ1v) is 8.70. The Labute approximate surface area is 152 Å². The highest BCUT2D eigenvalue weighted by atomic mass is 35.5. The molecule has 1 heterocycles. The first-order chi connectivity index (χ1) is 12.0. The quantitative estimate of drug-likeness (QED) is 0.809. The van der Waals surface area contributed by atoms with E-state index < -0.39 is 6.09 Å². The van der Waals surface area contributed by atoms with Crippen LogP contribution in [0, 0.1) is 5.92 Å². The molecule has 0 unspecified atom stereocenters. The topological polar surface area (TPSA) is 46.6 Å². The number of amides is 2. The molecule has 0 spiro atoms. The average molecular weight is 358 g/mol. The highest BCUT2D eigenvalue weighted by molar-refractivity contribution is 6.30. The van der Waals surface area contributed by atoms with Crippen molar-refractivity contribution in [1.82, 2.24) is 4.90 Å². The minimum atomic E-state index is -0.547. The first kappa shape index (κ1) is 17.5. The molecule has 0 N–H and O–H groups in total. The van der Waals surface area contributed by atoms with Crippen molar-refractivity contribution >= 4 is 23.6 Å². The molecule has 0 bridgehead atoms. The van der Waals surface area contributed by atoms with E-state index in [4.69, 9.17) is 16.3 Å². The number of carbonyl (C=O) groups excluding carboxylic acids is 2. The maximum absolute atomic E-state index is 12.8. The van der Waals surface area contributed by atoms with Crippen molar-refractivity contribution in [3.05, 3.63) is 70.7 Å². The molecule has 1 aliphatic rings. The monoisotopic (exact) mass is 357 g/mol. The molecule has 0 saturated carbocycles. The van der Waals surface area contributed by atoms with E-state index >= 15 is 0 Å². The number of ether oxygens (including phenoxy) is 1. The Balaban J connectivity index is 1.69. The van der Waals surface area contributed by atoms with Crippen molar-refractivity contribution in [1.29, 1.82) is 0 Å². The molecule has 2 aromatic rings. The second kappa shape index (κ2) is 7.70. The van der Waals surface area contributed by atoms with E-state index in [-0.39, 0.29) is 24.5 Å². The number of nitrogens with zero attached hydrogens (tertiary/aromatic N) is 1. The lowest BCUT2D eigenvalue weighted by Crippen LogP contribution is -2.43. The Morgan fingerprint density at radius 1 is 1.16 bits per heavy atom. The third-order valence-electron chi connectivity index (χ3n) is 4.39. The first-order valence-electron chi connectivity index (χ1n) is 8.33. The van der Waals surface area contributed by atoms with Gasteiger partial charge in [-0.3, -0.25) is 4.79 Å². The molecular weight excluding hydrogens is 338 g/mol. The van der Waals surface area contributed by atoms with Crippen LogP contribution in [0.4, 0.5) is 4.79 Å². The molecule has 4 nitrogen and oxygen atoms in total. The molecular formula is C20H20ClNO3. The van der Waals surface area contributed by atoms with Crippen LogP contribution in [0.2, 0.25) is 5.02 Å². The Morgan fingerprint density at radius 2 is 1.84 bits per heavy atom. The van der Waals surface area contributed by atoms with Gasteiger partial charge >= 0.3 is 6.09 Å². The summed E-state index contributed by atoms with van der Waals surface area (Å²) in [6.45, 7) is 2.08. The van der Waals surface area contributed by atoms with Gasteiger partial charge in [-0.1, -0.05) is 61.0 Å². The highest BCUT2D eigenvalue weighted by Crippen LogP contribution is 2.22. The van der Waals surface area contributed by atoms with Gasteiger partial charge < -0.3 is 4.74 Å². The number of hydrogen-bond donors (Lipinski definition) is 0. The van der Waals surface area contributed by atoms with E-state index in [1.165, 1.54) is 4.90 Å². The maximum Gasteiger partial charge on any atom is 0.416 e. The minimum Gasteiger partial charge on any atom is -0.447 e. The number of carbonyl (C=O) groups is 2. The van der Waals surface area contributed by atoms with Crippen LogP contribution >= 0.6 is 11.6 Å². The summed E-state index contributed by atoms with van der Waals surface area (Å²) in [5.41, 5.74) is 2.09. The number of cyclic esters (lactones) is 1. The molecule has 1 fully saturated rings. The Hall–Kier alpha value is -2.33. The molecule has 0 radical (unpaired) electrons. The van der Waals surface area contributed by atoms with Crippen molar-refractivity contribution in [2.75, 3.05) is 6.61 Å². The lowest BCUT2D eigenvalue weighted by Gasteiger charge is -2.23. The average Bonchev–Trinajstić information content (AvgIpc) is 2.97. The van der Waals surface area contributed by atoms with Gasteiger partial charge in [-0.15, -0.1) is 0 Å². The fourth-order valence-electron chi connectivity index (χ4n) is 3.07. The molecule has 1 saturated heterocycles. The summed E-state index contributed by atoms with van der Waals surface area (Å²) in [5, 5.41) is 0.661. The summed E-state index contributed by atoms with van der Waals surface area (Å²) in [6.07, 6.45) is 0.609. The molecule has 0 aromatic heterocycles. The van der Waals surface area contributed by atoms with Crippen molar-refractivity contribution < 1.29 is 14.3 Å². The second-order valence-electron chi connectivity index (χ2n) is 6.36. The number of imide groups is 1. The summed E-state index contributed by atoms with van der Waals surface area (Å²) in [7, 11) is 0. The largest absolute Gasteiger partial charge is 0.447 e. The number of benzene rings is 2. The summed E-state index contributed by atoms with van der Waals surface area (Å²) in [4.78, 5) is 26.2. The standard InChI is InChI=1S/C20H20ClNO3/c1-14(11-16-7-9-17(21)10-8-16)19(23)22-18(13-25-20(22)24)12-15-5-3-2-4-6-15/h2-10,14,18H,11-13H2,1H3/t14-,18+/m0/s1. The lowest BCUT2D eigenvalue weighted by molar-refractivity contribution is -0.132. The number of halogens is 1. The molecule has 3 rings (SSSR count). The van der Waals surface area contributed by atoms with Crippen LogP contribution in [0.3, 0.4) is 0 Å². The zero-order valence-corrected chi connectivity index (χ0v) is 14.8. The fourth-order valence-corrected chi connectivity index (χ4v) is 3.19. The van der Waals surface area contributed by atoms with E-state index in [0.29, 0.717) is 17.9 Å². The van der Waals surface area contributed by atoms with Crippen LogP contribution < -0.4 is 0 Å². The van der Waals surface area contributed by atoms with Gasteiger partial charge in [-0.2, -0.15) is 0 Å². The number of rotatable bonds is 5. The smallest absolute Gasteiger partial charge is 0.416 e. The molecule has 2 aromatic carbocycles. The van der Waals surface area contributed by atoms with Gasteiger partial charge in [0, 0.05) is 10.9 Å². The lowest BCUT2D eigenvalue weighted by atomic mass is 9.98. The van der Waals surface area contributed by atoms with Gasteiger partial charge in [0.2, 0.25) is 5.91 Å². The minimum absolute atomic E-state index is 0.196. The summed E-state index contributed by atoms with van der Waals surface area (Å²) in [6, 6.07) is 17.0. The second-order valence-corrected chi connectivity index (χ2v) is 6.80. The van der Waals surface area contributed by atoms with Gasteiger partial charge in [0.25, 0.3) is 0 Å². The number of hydrogen-bond acceptors (Lipinski definition) is 3. The molecule has 0 aliphatic carbocycles. The van der Waals surface area contributed by atoms with Crippen molar-refractivity contribution in [3.8, 4) is 0 Å². The normalized spacial score (nSPS) is 18.1. The van der Waals surface area contributed by atoms with Crippen LogP contribution in [0.15, 0.2) is 54.6 Å². The third-order valence-corrected chi connectivity index (χ3v) is 4.64. The van der Waals surface area contributed by atoms with E-state index in [2.05, 4.69) is 0 Å². The van der Waals surface area contributed by atoms with Crippen LogP contribution in [-0.4, -0.2) is 29.5 Å². The zero-order valence-electron chi connectivity index (χ0n) is 14.0. The molecule has 130 valence electrons. The molecule has 2 atom stereocenters. The van der Waals surface area contributed by atoms with Crippen molar-refractivity contribution in [3.63, 3.8) is 0 Å². The van der Waals surface area contributed by atoms with E-state index in [0.717, 1.165) is 11.1 Å². The Bertz CT molecular complexity index is 745. The van der Waals surface area contributed by atoms with Crippen LogP contribution in [-0.2, 0) is 22.4 Å². The van der Waals surface area contributed by atoms with Crippen LogP contribution in [0.5, 0.6) is 0 Å². The van der Waals surface area contributed by atoms with E-state index in [1.54, 1.807) is 12.1 Å². The van der Waals surface area contributed by atoms with Gasteiger partial charge in [-0.05, 0) is 36.1 Å². The van der Waals surface area contributed by atoms with Gasteiger partial charge in [0.1, 0.15) is 6.61 Å². The summed E-state index contributed by atoms with van der Waals surface area (Å²) in [5.74, 6) is -0.511. The molecule has 2 amide bonds. The van der Waals surface area contributed by atoms with Crippen molar-refractivity contribution in [2.45, 2.75) is 25.8 Å². The third kappa shape index (κ3) is 4.20. The van der Waals surface area contributed by atoms with Crippen LogP contribution in [0.1, 0.15) is 18.1 Å². The fraction of sp³-hybridized carbons (Fsp3) is 0.300. The molecule has 5 heteroatoms. The maximum atomic E-state index is 12.8. The Morgan fingerprint density at radius 3 is 2.52 bits per heavy atom. The highest BCUT2D eigenvalue weighted by Gasteiger charge is 2.39. The predicted octanol–water partition coefficient (Wildman–Crippen LogP) is 4.11. The Kier molecular flexibility index (Phi) is 5.39. The predicted molar refractivity (Wildman–Crippen MR) is 96.4 cm³/mol. The molecule has 25 heavy (non-hydrogen) atoms. The van der Waals surface area contributed by atoms with Gasteiger partial charge in [0.05, 0.1) is 6.04 Å². The SMILES string of the molecule is C[C@@H](Cc1ccc(Cl)cc1)C(=O)N1C(=O)OC[C@H]1Cc1ccccc1. The van der Waals surface area contributed by atoms with Crippen molar-refractivity contribution in [2.24, 2.45) is 5.92 Å². The summed E-state index contributed by atoms with van der Waals surface area (Å²) >= 11 is 5.89. The summed E-state index contributed by atoms with van der Waals surface area (Å²) < 4.78 is 5.14. The zero-order chi connectivity index (χ0) is 17.8. The van der Waals surface area contributed by atoms with E-state index in [1.807, 2.05) is 49.4 Å². The van der Waals surface area contributed by atoms with Gasteiger partial charge in [0.15, 0.2) is 0 Å².